The molecule has 0 unspecified atom stereocenters. The molecule has 15 rings (SSSR count). The van der Waals surface area contributed by atoms with Crippen LogP contribution < -0.4 is 31.4 Å². The number of nitrogens with zero attached hydrogens (tertiary/aromatic N) is 3. The largest absolute Gasteiger partial charge is 0.492 e. The number of nitrogens with two attached hydrogens (primary N) is 3. The van der Waals surface area contributed by atoms with E-state index < -0.39 is 0 Å². The SMILES string of the molecule is Cc1ccsc1/C=C/C(=O)N1CCC2(CC1)COc1ccc(CN)cc12.NCc1ccc2c(c1)C1(CCN(C(=O)CC3c4ccccc4-c4ccccc43)CC1)CO2.NCc1ccc2c(c1)C1(CCN(C(=O)c3cc(-c4ccc(Cl)cc4)cs3)CC1)CO2. The molecular formula is C73H75ClN6O6S2. The smallest absolute Gasteiger partial charge is 0.263 e. The van der Waals surface area contributed by atoms with E-state index in [0.717, 1.165) is 133 Å². The Bertz CT molecular complexity index is 3880. The van der Waals surface area contributed by atoms with Crippen molar-refractivity contribution in [2.75, 3.05) is 59.1 Å². The lowest BCUT2D eigenvalue weighted by atomic mass is 9.74. The van der Waals surface area contributed by atoms with Crippen LogP contribution in [0.4, 0.5) is 0 Å². The van der Waals surface area contributed by atoms with Gasteiger partial charge in [-0.05, 0) is 160 Å². The Labute approximate surface area is 528 Å². The van der Waals surface area contributed by atoms with Crippen LogP contribution in [0.1, 0.15) is 115 Å². The van der Waals surface area contributed by atoms with E-state index in [1.165, 1.54) is 55.8 Å². The molecule has 8 heterocycles. The number of aryl methyl sites for hydroxylation is 1. The highest BCUT2D eigenvalue weighted by Gasteiger charge is 2.47. The van der Waals surface area contributed by atoms with E-state index in [1.807, 2.05) is 81.9 Å². The first kappa shape index (κ1) is 59.4. The molecule has 1 aliphatic carbocycles. The molecule has 88 heavy (non-hydrogen) atoms. The van der Waals surface area contributed by atoms with Gasteiger partial charge in [-0.15, -0.1) is 22.7 Å². The van der Waals surface area contributed by atoms with Crippen molar-refractivity contribution in [2.45, 2.75) is 93.7 Å². The summed E-state index contributed by atoms with van der Waals surface area (Å²) in [6, 6.07) is 47.7. The zero-order chi connectivity index (χ0) is 60.6. The minimum atomic E-state index is 0.00120. The standard InChI is InChI=1S/C28H28N2O2.C24H23ClN2O2S.C21H24N2O2S/c29-17-19-9-10-26-25(15-19)28(18-32-26)11-13-30(14-12-28)27(31)16-24-22-7-3-1-5-20(22)21-6-2-4-8-23(21)24;25-19-4-2-17(3-5-19)18-12-22(30-14-18)23(28)27-9-7-24(8-10-27)15-29-21-6-1-16(13-26)11-20(21)24;1-15-6-11-26-19(15)4-5-20(24)23-9-7-21(8-10-23)14-25-18-3-2-16(13-22)12-17(18)21/h1-10,15,24H,11-14,16-18,29H2;1-6,11-12,14H,7-10,13,15,26H2;2-6,11-12H,7-10,13-14,22H2,1H3/b;;5-4+. The van der Waals surface area contributed by atoms with E-state index in [2.05, 4.69) is 96.1 Å². The monoisotopic (exact) mass is 1230 g/mol. The average molecular weight is 1230 g/mol. The van der Waals surface area contributed by atoms with Crippen LogP contribution in [0, 0.1) is 6.92 Å². The summed E-state index contributed by atoms with van der Waals surface area (Å²) in [5.41, 5.74) is 33.3. The summed E-state index contributed by atoms with van der Waals surface area (Å²) in [5.74, 6) is 3.56. The summed E-state index contributed by atoms with van der Waals surface area (Å²) in [4.78, 5) is 47.0. The van der Waals surface area contributed by atoms with Gasteiger partial charge in [-0.2, -0.15) is 0 Å². The zero-order valence-electron chi connectivity index (χ0n) is 49.8. The summed E-state index contributed by atoms with van der Waals surface area (Å²) >= 11 is 9.15. The number of piperidine rings is 3. The van der Waals surface area contributed by atoms with Gasteiger partial charge in [0.25, 0.3) is 5.91 Å². The molecule has 3 saturated heterocycles. The molecule has 0 atom stereocenters. The van der Waals surface area contributed by atoms with Crippen LogP contribution >= 0.6 is 34.3 Å². The van der Waals surface area contributed by atoms with E-state index >= 15 is 0 Å². The van der Waals surface area contributed by atoms with Crippen molar-refractivity contribution in [2.24, 2.45) is 17.2 Å². The zero-order valence-corrected chi connectivity index (χ0v) is 52.2. The number of amides is 3. The molecule has 3 amide bonds. The van der Waals surface area contributed by atoms with Gasteiger partial charge in [0.15, 0.2) is 0 Å². The normalized spacial score (nSPS) is 17.9. The van der Waals surface area contributed by atoms with E-state index in [0.29, 0.717) is 50.9 Å². The Morgan fingerprint density at radius 3 is 1.49 bits per heavy atom. The van der Waals surface area contributed by atoms with Gasteiger partial charge < -0.3 is 46.1 Å². The number of hydrogen-bond donors (Lipinski definition) is 3. The van der Waals surface area contributed by atoms with E-state index in [1.54, 1.807) is 17.4 Å². The Morgan fingerprint density at radius 1 is 0.557 bits per heavy atom. The van der Waals surface area contributed by atoms with Crippen molar-refractivity contribution in [1.29, 1.82) is 0 Å². The second kappa shape index (κ2) is 25.1. The minimum Gasteiger partial charge on any atom is -0.492 e. The molecule has 8 aromatic rings. The molecule has 0 radical (unpaired) electrons. The lowest BCUT2D eigenvalue weighted by molar-refractivity contribution is -0.133. The molecule has 3 spiro atoms. The molecule has 6 aliphatic heterocycles. The average Bonchev–Trinajstić information content (AvgIpc) is 2.23. The molecule has 0 bridgehead atoms. The predicted octanol–water partition coefficient (Wildman–Crippen LogP) is 13.2. The second-order valence-corrected chi connectivity index (χ2v) is 27.0. The van der Waals surface area contributed by atoms with E-state index in [9.17, 15) is 14.4 Å². The third kappa shape index (κ3) is 11.6. The van der Waals surface area contributed by atoms with Crippen LogP contribution in [0.3, 0.4) is 0 Å². The number of fused-ring (bicyclic) bond motifs is 9. The maximum atomic E-state index is 13.4. The molecule has 3 fully saturated rings. The molecule has 452 valence electrons. The number of rotatable bonds is 9. The molecule has 15 heteroatoms. The molecule has 0 saturated carbocycles. The highest BCUT2D eigenvalue weighted by Crippen LogP contribution is 2.50. The summed E-state index contributed by atoms with van der Waals surface area (Å²) < 4.78 is 17.9. The van der Waals surface area contributed by atoms with Crippen molar-refractivity contribution in [3.8, 4) is 39.5 Å². The molecular weight excluding hydrogens is 1160 g/mol. The van der Waals surface area contributed by atoms with E-state index in [-0.39, 0.29) is 39.9 Å². The molecule has 2 aromatic heterocycles. The van der Waals surface area contributed by atoms with E-state index in [4.69, 9.17) is 43.0 Å². The van der Waals surface area contributed by atoms with Gasteiger partial charge in [0, 0.05) is 120 Å². The number of benzene rings is 6. The fraction of sp³-hybridized carbons (Fsp3) is 0.329. The van der Waals surface area contributed by atoms with Crippen molar-refractivity contribution in [3.05, 3.63) is 221 Å². The Hall–Kier alpha value is -7.56. The summed E-state index contributed by atoms with van der Waals surface area (Å²) in [7, 11) is 0. The molecule has 6 N–H and O–H groups in total. The first-order valence-corrected chi connectivity index (χ1v) is 33.0. The third-order valence-electron chi connectivity index (χ3n) is 19.8. The van der Waals surface area contributed by atoms with Crippen LogP contribution in [-0.4, -0.2) is 91.5 Å². The van der Waals surface area contributed by atoms with Crippen LogP contribution in [0.25, 0.3) is 28.3 Å². The Balaban J connectivity index is 0.000000122. The quantitative estimate of drug-likeness (QED) is 0.119. The number of carbonyl (C=O) groups is 3. The summed E-state index contributed by atoms with van der Waals surface area (Å²) in [6.07, 6.45) is 9.76. The van der Waals surface area contributed by atoms with Crippen molar-refractivity contribution >= 4 is 58.1 Å². The predicted molar refractivity (Wildman–Crippen MR) is 352 cm³/mol. The van der Waals surface area contributed by atoms with Gasteiger partial charge >= 0.3 is 0 Å². The number of thiophene rings is 2. The lowest BCUT2D eigenvalue weighted by Crippen LogP contribution is -2.46. The molecule has 6 aromatic carbocycles. The number of likely N-dealkylation sites (tertiary alicyclic amines) is 3. The molecule has 12 nitrogen and oxygen atoms in total. The van der Waals surface area contributed by atoms with Gasteiger partial charge in [-0.25, -0.2) is 0 Å². The second-order valence-electron chi connectivity index (χ2n) is 24.7. The lowest BCUT2D eigenvalue weighted by Gasteiger charge is -2.39. The number of halogens is 1. The topological polar surface area (TPSA) is 167 Å². The number of hydrogen-bond acceptors (Lipinski definition) is 11. The summed E-state index contributed by atoms with van der Waals surface area (Å²) in [5, 5.41) is 4.80. The number of carbonyl (C=O) groups excluding carboxylic acids is 3. The molecule has 7 aliphatic rings. The van der Waals surface area contributed by atoms with Crippen molar-refractivity contribution in [1.82, 2.24) is 14.7 Å². The van der Waals surface area contributed by atoms with Crippen LogP contribution in [0.5, 0.6) is 17.2 Å². The Kier molecular flexibility index (Phi) is 17.0. The van der Waals surface area contributed by atoms with Gasteiger partial charge in [-0.3, -0.25) is 14.4 Å². The fourth-order valence-electron chi connectivity index (χ4n) is 14.3. The van der Waals surface area contributed by atoms with Crippen LogP contribution in [0.15, 0.2) is 156 Å². The maximum Gasteiger partial charge on any atom is 0.263 e. The van der Waals surface area contributed by atoms with Crippen LogP contribution in [0.2, 0.25) is 5.02 Å². The number of ether oxygens (including phenoxy) is 3. The van der Waals surface area contributed by atoms with Gasteiger partial charge in [0.1, 0.15) is 17.2 Å². The van der Waals surface area contributed by atoms with Crippen LogP contribution in [-0.2, 0) is 45.5 Å². The van der Waals surface area contributed by atoms with Crippen molar-refractivity contribution in [3.63, 3.8) is 0 Å². The van der Waals surface area contributed by atoms with Crippen molar-refractivity contribution < 1.29 is 28.6 Å². The first-order chi connectivity index (χ1) is 42.9. The fourth-order valence-corrected chi connectivity index (χ4v) is 16.1. The van der Waals surface area contributed by atoms with Gasteiger partial charge in [-0.1, -0.05) is 109 Å². The highest BCUT2D eigenvalue weighted by atomic mass is 35.5. The first-order valence-electron chi connectivity index (χ1n) is 30.9. The van der Waals surface area contributed by atoms with Gasteiger partial charge in [0.2, 0.25) is 11.8 Å². The maximum absolute atomic E-state index is 13.4. The third-order valence-corrected chi connectivity index (χ3v) is 21.9. The Morgan fingerprint density at radius 2 is 1.02 bits per heavy atom. The summed E-state index contributed by atoms with van der Waals surface area (Å²) in [6.45, 7) is 10.4. The highest BCUT2D eigenvalue weighted by molar-refractivity contribution is 7.12. The minimum absolute atomic E-state index is 0.00120. The van der Waals surface area contributed by atoms with Gasteiger partial charge in [0.05, 0.1) is 24.7 Å².